The molecule has 2 heterocycles. The van der Waals surface area contributed by atoms with Gasteiger partial charge in [-0.15, -0.1) is 0 Å². The van der Waals surface area contributed by atoms with Crippen molar-refractivity contribution in [2.45, 2.75) is 26.1 Å². The maximum Gasteiger partial charge on any atom is 0.235 e. The van der Waals surface area contributed by atoms with Crippen LogP contribution in [0.4, 0.5) is 10.3 Å². The minimum Gasteiger partial charge on any atom is -0.420 e. The van der Waals surface area contributed by atoms with E-state index in [9.17, 15) is 9.65 Å². The van der Waals surface area contributed by atoms with E-state index in [1.165, 1.54) is 12.1 Å². The van der Waals surface area contributed by atoms with Crippen LogP contribution in [0.15, 0.2) is 28.7 Å². The average Bonchev–Trinajstić information content (AvgIpc) is 2.97. The van der Waals surface area contributed by atoms with Gasteiger partial charge in [-0.1, -0.05) is 12.1 Å². The molecule has 124 valence electrons. The first-order valence-corrected chi connectivity index (χ1v) is 7.80. The molecule has 3 rings (SSSR count). The van der Waals surface area contributed by atoms with Gasteiger partial charge in [-0.2, -0.15) is 10.2 Å². The number of morpholine rings is 1. The second kappa shape index (κ2) is 6.85. The summed E-state index contributed by atoms with van der Waals surface area (Å²) in [6, 6.07) is 8.17. The number of hydrogen-bond acceptors (Lipinski definition) is 5. The molecule has 2 atom stereocenters. The molecule has 1 aliphatic heterocycles. The highest BCUT2D eigenvalue weighted by Gasteiger charge is 2.27. The fourth-order valence-corrected chi connectivity index (χ4v) is 2.77. The maximum absolute atomic E-state index is 12.9. The van der Waals surface area contributed by atoms with Gasteiger partial charge in [0.15, 0.2) is 0 Å². The van der Waals surface area contributed by atoms with E-state index in [2.05, 4.69) is 11.1 Å². The predicted octanol–water partition coefficient (Wildman–Crippen LogP) is 3.47. The summed E-state index contributed by atoms with van der Waals surface area (Å²) in [5.41, 5.74) is 1.08. The lowest BCUT2D eigenvalue weighted by molar-refractivity contribution is -0.00642. The Labute approximate surface area is 140 Å². The van der Waals surface area contributed by atoms with E-state index in [4.69, 9.17) is 9.15 Å². The van der Waals surface area contributed by atoms with E-state index in [1.54, 1.807) is 24.3 Å². The minimum atomic E-state index is -0.284. The number of aromatic nitrogens is 1. The molecule has 1 saturated heterocycles. The summed E-state index contributed by atoms with van der Waals surface area (Å²) < 4.78 is 24.4. The predicted molar refractivity (Wildman–Crippen MR) is 88.8 cm³/mol. The number of oxazole rings is 1. The highest BCUT2D eigenvalue weighted by molar-refractivity contribution is 5.67. The van der Waals surface area contributed by atoms with Crippen LogP contribution in [-0.4, -0.2) is 30.3 Å². The third kappa shape index (κ3) is 3.63. The molecule has 0 radical (unpaired) electrons. The molecule has 0 amide bonds. The number of hydrogen-bond donors (Lipinski definition) is 0. The van der Waals surface area contributed by atoms with Crippen molar-refractivity contribution in [3.05, 3.63) is 47.2 Å². The number of nitrogens with zero attached hydrogens (tertiary/aromatic N) is 3. The smallest absolute Gasteiger partial charge is 0.235 e. The molecule has 2 unspecified atom stereocenters. The maximum atomic E-state index is 12.9. The van der Waals surface area contributed by atoms with Gasteiger partial charge in [0.25, 0.3) is 0 Å². The highest BCUT2D eigenvalue weighted by Crippen LogP contribution is 2.26. The van der Waals surface area contributed by atoms with E-state index in [0.29, 0.717) is 24.9 Å². The molecule has 24 heavy (non-hydrogen) atoms. The third-order valence-electron chi connectivity index (χ3n) is 3.73. The van der Waals surface area contributed by atoms with Crippen molar-refractivity contribution >= 4 is 18.0 Å². The Bertz CT molecular complexity index is 767. The zero-order chi connectivity index (χ0) is 17.1. The van der Waals surface area contributed by atoms with E-state index >= 15 is 0 Å². The Morgan fingerprint density at radius 1 is 1.21 bits per heavy atom. The van der Waals surface area contributed by atoms with Crippen LogP contribution in [0.25, 0.3) is 12.2 Å². The Morgan fingerprint density at radius 2 is 1.88 bits per heavy atom. The van der Waals surface area contributed by atoms with Crippen LogP contribution in [0.3, 0.4) is 0 Å². The largest absolute Gasteiger partial charge is 0.420 e. The van der Waals surface area contributed by atoms with Crippen LogP contribution in [0.1, 0.15) is 31.0 Å². The summed E-state index contributed by atoms with van der Waals surface area (Å²) in [5.74, 6) is 0.531. The van der Waals surface area contributed by atoms with Crippen LogP contribution in [0.5, 0.6) is 0 Å². The molecule has 1 aliphatic rings. The number of halogens is 1. The minimum absolute atomic E-state index is 0.0589. The van der Waals surface area contributed by atoms with Crippen molar-refractivity contribution in [1.29, 1.82) is 5.26 Å². The van der Waals surface area contributed by atoms with Crippen molar-refractivity contribution in [3.8, 4) is 6.07 Å². The Kier molecular flexibility index (Phi) is 4.63. The zero-order valence-electron chi connectivity index (χ0n) is 13.6. The number of nitriles is 1. The lowest BCUT2D eigenvalue weighted by atomic mass is 10.2. The van der Waals surface area contributed by atoms with Crippen molar-refractivity contribution in [3.63, 3.8) is 0 Å². The Balaban J connectivity index is 1.82. The van der Waals surface area contributed by atoms with Gasteiger partial charge >= 0.3 is 0 Å². The standard InChI is InChI=1S/C18H18FN3O2/c1-12-10-22(11-13(2)23-12)18-16(9-20)21-17(24-18)8-5-14-3-6-15(19)7-4-14/h3-8,12-13H,10-11H2,1-2H3/b8-5+. The first-order valence-electron chi connectivity index (χ1n) is 7.80. The van der Waals surface area contributed by atoms with Gasteiger partial charge in [-0.25, -0.2) is 4.39 Å². The number of benzene rings is 1. The monoisotopic (exact) mass is 327 g/mol. The molecule has 0 N–H and O–H groups in total. The molecular formula is C18H18FN3O2. The fourth-order valence-electron chi connectivity index (χ4n) is 2.77. The average molecular weight is 327 g/mol. The summed E-state index contributed by atoms with van der Waals surface area (Å²) in [6.07, 6.45) is 3.55. The normalized spacial score (nSPS) is 21.2. The van der Waals surface area contributed by atoms with Crippen LogP contribution in [-0.2, 0) is 4.74 Å². The molecule has 0 bridgehead atoms. The van der Waals surface area contributed by atoms with E-state index in [1.807, 2.05) is 18.7 Å². The van der Waals surface area contributed by atoms with Gasteiger partial charge in [0.2, 0.25) is 17.5 Å². The zero-order valence-corrected chi connectivity index (χ0v) is 13.6. The topological polar surface area (TPSA) is 62.3 Å². The fraction of sp³-hybridized carbons (Fsp3) is 0.333. The number of anilines is 1. The van der Waals surface area contributed by atoms with E-state index in [0.717, 1.165) is 5.56 Å². The number of ether oxygens (including phenoxy) is 1. The van der Waals surface area contributed by atoms with Crippen molar-refractivity contribution in [1.82, 2.24) is 4.98 Å². The van der Waals surface area contributed by atoms with Crippen molar-refractivity contribution in [2.75, 3.05) is 18.0 Å². The van der Waals surface area contributed by atoms with Gasteiger partial charge in [0.1, 0.15) is 11.9 Å². The lowest BCUT2D eigenvalue weighted by Gasteiger charge is -2.34. The molecule has 6 heteroatoms. The first kappa shape index (κ1) is 16.2. The molecule has 1 aromatic carbocycles. The molecular weight excluding hydrogens is 309 g/mol. The summed E-state index contributed by atoms with van der Waals surface area (Å²) in [4.78, 5) is 6.20. The molecule has 2 aromatic rings. The van der Waals surface area contributed by atoms with E-state index in [-0.39, 0.29) is 23.7 Å². The summed E-state index contributed by atoms with van der Waals surface area (Å²) in [5, 5.41) is 9.31. The van der Waals surface area contributed by atoms with Crippen LogP contribution >= 0.6 is 0 Å². The SMILES string of the molecule is CC1CN(c2oc(/C=C/c3ccc(F)cc3)nc2C#N)CC(C)O1. The second-order valence-electron chi connectivity index (χ2n) is 5.86. The van der Waals surface area contributed by atoms with Crippen molar-refractivity contribution < 1.29 is 13.5 Å². The van der Waals surface area contributed by atoms with Crippen molar-refractivity contribution in [2.24, 2.45) is 0 Å². The van der Waals surface area contributed by atoms with Gasteiger partial charge in [0, 0.05) is 19.2 Å². The van der Waals surface area contributed by atoms with Gasteiger partial charge < -0.3 is 14.1 Å². The summed E-state index contributed by atoms with van der Waals surface area (Å²) >= 11 is 0. The molecule has 0 aliphatic carbocycles. The lowest BCUT2D eigenvalue weighted by Crippen LogP contribution is -2.45. The summed E-state index contributed by atoms with van der Waals surface area (Å²) in [6.45, 7) is 5.27. The van der Waals surface area contributed by atoms with Gasteiger partial charge in [-0.3, -0.25) is 0 Å². The van der Waals surface area contributed by atoms with E-state index < -0.39 is 0 Å². The molecule has 0 saturated carbocycles. The Morgan fingerprint density at radius 3 is 2.50 bits per heavy atom. The second-order valence-corrected chi connectivity index (χ2v) is 5.86. The molecule has 0 spiro atoms. The summed E-state index contributed by atoms with van der Waals surface area (Å²) in [7, 11) is 0. The van der Waals surface area contributed by atoms with Gasteiger partial charge in [0.05, 0.1) is 12.2 Å². The molecule has 1 aromatic heterocycles. The third-order valence-corrected chi connectivity index (χ3v) is 3.73. The Hall–Kier alpha value is -2.65. The first-order chi connectivity index (χ1) is 11.5. The number of rotatable bonds is 3. The van der Waals surface area contributed by atoms with Crippen LogP contribution in [0.2, 0.25) is 0 Å². The molecule has 1 fully saturated rings. The molecule has 5 nitrogen and oxygen atoms in total. The van der Waals surface area contributed by atoms with Gasteiger partial charge in [-0.05, 0) is 37.6 Å². The van der Waals surface area contributed by atoms with Crippen LogP contribution in [0, 0.1) is 17.1 Å². The highest BCUT2D eigenvalue weighted by atomic mass is 19.1. The van der Waals surface area contributed by atoms with Crippen LogP contribution < -0.4 is 4.90 Å². The quantitative estimate of drug-likeness (QED) is 0.864.